The van der Waals surface area contributed by atoms with Gasteiger partial charge in [0.1, 0.15) is 5.82 Å². The van der Waals surface area contributed by atoms with Crippen LogP contribution in [0, 0.1) is 9.39 Å². The number of hydrogen-bond acceptors (Lipinski definition) is 3. The van der Waals surface area contributed by atoms with Crippen LogP contribution in [0.15, 0.2) is 47.0 Å². The van der Waals surface area contributed by atoms with Gasteiger partial charge >= 0.3 is 0 Å². The number of aromatic nitrogens is 1. The molecule has 0 atom stereocenters. The Hall–Kier alpha value is -1.60. The van der Waals surface area contributed by atoms with Crippen LogP contribution >= 0.6 is 34.2 Å². The smallest absolute Gasteiger partial charge is 0.176 e. The van der Waals surface area contributed by atoms with E-state index in [4.69, 9.17) is 21.9 Å². The van der Waals surface area contributed by atoms with E-state index < -0.39 is 0 Å². The Balaban J connectivity index is 2.16. The molecule has 6 heteroatoms. The molecular weight excluding hydrogens is 406 g/mol. The van der Waals surface area contributed by atoms with Gasteiger partial charge in [0.15, 0.2) is 11.6 Å². The average molecular weight is 415 g/mol. The largest absolute Gasteiger partial charge is 0.380 e. The van der Waals surface area contributed by atoms with E-state index in [0.717, 1.165) is 14.7 Å². The number of rotatable bonds is 2. The Bertz CT molecular complexity index is 802. The third-order valence-corrected chi connectivity index (χ3v) is 4.61. The first kappa shape index (κ1) is 14.3. The van der Waals surface area contributed by atoms with Crippen molar-refractivity contribution in [2.75, 3.05) is 5.73 Å². The summed E-state index contributed by atoms with van der Waals surface area (Å²) in [4.78, 5) is 0. The highest BCUT2D eigenvalue weighted by Gasteiger charge is 2.18. The molecule has 0 aliphatic rings. The van der Waals surface area contributed by atoms with E-state index in [1.807, 2.05) is 12.1 Å². The van der Waals surface area contributed by atoms with Crippen LogP contribution in [0.25, 0.3) is 22.5 Å². The molecule has 106 valence electrons. The first-order valence-corrected chi connectivity index (χ1v) is 7.48. The highest BCUT2D eigenvalue weighted by Crippen LogP contribution is 2.37. The Morgan fingerprint density at radius 3 is 2.43 bits per heavy atom. The summed E-state index contributed by atoms with van der Waals surface area (Å²) in [5, 5.41) is 4.43. The molecule has 21 heavy (non-hydrogen) atoms. The lowest BCUT2D eigenvalue weighted by molar-refractivity contribution is 0.436. The Morgan fingerprint density at radius 1 is 1.10 bits per heavy atom. The number of anilines is 1. The molecule has 1 aromatic heterocycles. The molecule has 0 aliphatic heterocycles. The van der Waals surface area contributed by atoms with E-state index >= 15 is 0 Å². The predicted molar refractivity (Wildman–Crippen MR) is 89.5 cm³/mol. The second kappa shape index (κ2) is 5.65. The first-order chi connectivity index (χ1) is 10.1. The minimum absolute atomic E-state index is 0.256. The van der Waals surface area contributed by atoms with E-state index in [0.29, 0.717) is 16.3 Å². The van der Waals surface area contributed by atoms with Crippen LogP contribution in [0.3, 0.4) is 0 Å². The van der Waals surface area contributed by atoms with Crippen molar-refractivity contribution in [3.05, 3.63) is 56.9 Å². The molecule has 0 spiro atoms. The molecule has 0 saturated carbocycles. The van der Waals surface area contributed by atoms with Crippen LogP contribution < -0.4 is 5.73 Å². The fraction of sp³-hybridized carbons (Fsp3) is 0. The van der Waals surface area contributed by atoms with Crippen molar-refractivity contribution in [2.24, 2.45) is 0 Å². The molecule has 0 amide bonds. The maximum Gasteiger partial charge on any atom is 0.176 e. The highest BCUT2D eigenvalue weighted by molar-refractivity contribution is 14.1. The van der Waals surface area contributed by atoms with Crippen molar-refractivity contribution in [1.29, 1.82) is 0 Å². The van der Waals surface area contributed by atoms with Crippen LogP contribution in [0.1, 0.15) is 0 Å². The second-order valence-corrected chi connectivity index (χ2v) is 5.98. The lowest BCUT2D eigenvalue weighted by Crippen LogP contribution is -1.89. The van der Waals surface area contributed by atoms with Crippen molar-refractivity contribution in [2.45, 2.75) is 0 Å². The number of halogens is 3. The summed E-state index contributed by atoms with van der Waals surface area (Å²) in [5.74, 6) is 0.455. The monoisotopic (exact) mass is 414 g/mol. The van der Waals surface area contributed by atoms with Crippen LogP contribution in [-0.4, -0.2) is 5.16 Å². The van der Waals surface area contributed by atoms with Gasteiger partial charge in [-0.3, -0.25) is 0 Å². The molecule has 0 bridgehead atoms. The van der Waals surface area contributed by atoms with Gasteiger partial charge in [0.25, 0.3) is 0 Å². The van der Waals surface area contributed by atoms with Crippen LogP contribution in [-0.2, 0) is 0 Å². The van der Waals surface area contributed by atoms with Gasteiger partial charge in [0.05, 0.1) is 10.6 Å². The van der Waals surface area contributed by atoms with Crippen molar-refractivity contribution in [3.63, 3.8) is 0 Å². The van der Waals surface area contributed by atoms with Crippen LogP contribution in [0.4, 0.5) is 10.2 Å². The third kappa shape index (κ3) is 2.75. The minimum atomic E-state index is -0.312. The molecule has 0 unspecified atom stereocenters. The zero-order valence-corrected chi connectivity index (χ0v) is 13.5. The van der Waals surface area contributed by atoms with Crippen molar-refractivity contribution in [3.8, 4) is 22.5 Å². The van der Waals surface area contributed by atoms with Gasteiger partial charge in [0, 0.05) is 9.13 Å². The second-order valence-electron chi connectivity index (χ2n) is 4.41. The Kier molecular flexibility index (Phi) is 3.86. The number of nitrogen functional groups attached to an aromatic ring is 1. The zero-order valence-electron chi connectivity index (χ0n) is 10.6. The first-order valence-electron chi connectivity index (χ1n) is 6.03. The van der Waals surface area contributed by atoms with Gasteiger partial charge < -0.3 is 10.3 Å². The molecule has 1 heterocycles. The summed E-state index contributed by atoms with van der Waals surface area (Å²) in [7, 11) is 0. The van der Waals surface area contributed by atoms with E-state index in [9.17, 15) is 4.39 Å². The molecule has 0 fully saturated rings. The van der Waals surface area contributed by atoms with Gasteiger partial charge in [0.2, 0.25) is 0 Å². The molecule has 0 saturated heterocycles. The number of nitrogens with zero attached hydrogens (tertiary/aromatic N) is 1. The van der Waals surface area contributed by atoms with Crippen LogP contribution in [0.2, 0.25) is 5.02 Å². The van der Waals surface area contributed by atoms with E-state index in [1.165, 1.54) is 12.1 Å². The summed E-state index contributed by atoms with van der Waals surface area (Å²) in [6.45, 7) is 0. The Labute approximate surface area is 139 Å². The SMILES string of the molecule is Nc1noc(-c2ccc(I)c(Cl)c2)c1-c1ccc(F)cc1. The standard InChI is InChI=1S/C15H9ClFIN2O/c16-11-7-9(3-6-12(11)18)14-13(15(19)20-21-14)8-1-4-10(17)5-2-8/h1-7H,(H2,19,20). The molecule has 0 radical (unpaired) electrons. The molecule has 3 nitrogen and oxygen atoms in total. The van der Waals surface area contributed by atoms with E-state index in [1.54, 1.807) is 18.2 Å². The Morgan fingerprint density at radius 2 is 1.76 bits per heavy atom. The normalized spacial score (nSPS) is 10.8. The van der Waals surface area contributed by atoms with Crippen LogP contribution in [0.5, 0.6) is 0 Å². The lowest BCUT2D eigenvalue weighted by atomic mass is 10.0. The number of benzene rings is 2. The molecule has 2 N–H and O–H groups in total. The summed E-state index contributed by atoms with van der Waals surface area (Å²) < 4.78 is 19.3. The maximum atomic E-state index is 13.1. The van der Waals surface area contributed by atoms with E-state index in [2.05, 4.69) is 27.7 Å². The summed E-state index contributed by atoms with van der Waals surface area (Å²) in [6.07, 6.45) is 0. The van der Waals surface area contributed by atoms with Gasteiger partial charge in [-0.1, -0.05) is 28.9 Å². The van der Waals surface area contributed by atoms with Gasteiger partial charge in [-0.05, 0) is 58.5 Å². The minimum Gasteiger partial charge on any atom is -0.380 e. The predicted octanol–water partition coefficient (Wildman–Crippen LogP) is 4.99. The molecule has 3 rings (SSSR count). The van der Waals surface area contributed by atoms with Gasteiger partial charge in [-0.25, -0.2) is 4.39 Å². The number of nitrogens with two attached hydrogens (primary N) is 1. The van der Waals surface area contributed by atoms with Gasteiger partial charge in [-0.2, -0.15) is 0 Å². The fourth-order valence-electron chi connectivity index (χ4n) is 2.03. The zero-order chi connectivity index (χ0) is 15.0. The molecule has 3 aromatic rings. The quantitative estimate of drug-likeness (QED) is 0.601. The average Bonchev–Trinajstić information content (AvgIpc) is 2.85. The molecule has 0 aliphatic carbocycles. The third-order valence-electron chi connectivity index (χ3n) is 3.03. The summed E-state index contributed by atoms with van der Waals surface area (Å²) in [5.41, 5.74) is 8.02. The topological polar surface area (TPSA) is 52.0 Å². The van der Waals surface area contributed by atoms with Gasteiger partial charge in [-0.15, -0.1) is 0 Å². The van der Waals surface area contributed by atoms with Crippen molar-refractivity contribution in [1.82, 2.24) is 5.16 Å². The molecular formula is C15H9ClFIN2O. The van der Waals surface area contributed by atoms with Crippen molar-refractivity contribution < 1.29 is 8.91 Å². The highest BCUT2D eigenvalue weighted by atomic mass is 127. The maximum absolute atomic E-state index is 13.1. The lowest BCUT2D eigenvalue weighted by Gasteiger charge is -2.04. The fourth-order valence-corrected chi connectivity index (χ4v) is 2.55. The molecule has 2 aromatic carbocycles. The number of hydrogen-bond donors (Lipinski definition) is 1. The van der Waals surface area contributed by atoms with Crippen molar-refractivity contribution >= 4 is 40.0 Å². The summed E-state index contributed by atoms with van der Waals surface area (Å²) >= 11 is 8.28. The summed E-state index contributed by atoms with van der Waals surface area (Å²) in [6, 6.07) is 11.5. The van der Waals surface area contributed by atoms with E-state index in [-0.39, 0.29) is 11.6 Å².